The fraction of sp³-hybridized carbons (Fsp3) is 0.389. The maximum Gasteiger partial charge on any atom is 0.221 e. The summed E-state index contributed by atoms with van der Waals surface area (Å²) in [7, 11) is 1.71. The summed E-state index contributed by atoms with van der Waals surface area (Å²) in [5.74, 6) is 1.67. The molecule has 0 unspecified atom stereocenters. The number of aromatic nitrogens is 1. The van der Waals surface area contributed by atoms with E-state index in [0.29, 0.717) is 25.0 Å². The number of carbonyl (C=O) groups is 1. The summed E-state index contributed by atoms with van der Waals surface area (Å²) >= 11 is 0. The van der Waals surface area contributed by atoms with Crippen LogP contribution in [0.25, 0.3) is 0 Å². The topological polar surface area (TPSA) is 91.5 Å². The van der Waals surface area contributed by atoms with Crippen LogP contribution in [-0.2, 0) is 17.9 Å². The lowest BCUT2D eigenvalue weighted by atomic mass is 10.1. The Hall–Kier alpha value is -2.10. The van der Waals surface area contributed by atoms with E-state index in [1.807, 2.05) is 30.3 Å². The molecule has 8 heteroatoms. The van der Waals surface area contributed by atoms with Gasteiger partial charge >= 0.3 is 0 Å². The first-order valence-electron chi connectivity index (χ1n) is 8.24. The Morgan fingerprint density at radius 1 is 1.23 bits per heavy atom. The van der Waals surface area contributed by atoms with Gasteiger partial charge in [0, 0.05) is 32.3 Å². The van der Waals surface area contributed by atoms with Gasteiger partial charge in [-0.1, -0.05) is 31.1 Å². The fourth-order valence-electron chi connectivity index (χ4n) is 2.22. The molecule has 1 aromatic heterocycles. The lowest BCUT2D eigenvalue weighted by Crippen LogP contribution is -2.36. The van der Waals surface area contributed by atoms with Crippen LogP contribution >= 0.6 is 24.0 Å². The number of amides is 1. The molecule has 1 aromatic carbocycles. The van der Waals surface area contributed by atoms with Crippen LogP contribution in [0.3, 0.4) is 0 Å². The standard InChI is InChI=1S/C18H25N5O2.HI/c1-12(2)17-9-16(25-23-17)11-21-18(19-4)20-10-14-6-5-7-15(8-14)22-13(3)24;/h5-9,12H,10-11H2,1-4H3,(H,22,24)(H2,19,20,21);1H. The Morgan fingerprint density at radius 2 is 1.96 bits per heavy atom. The molecule has 0 bridgehead atoms. The summed E-state index contributed by atoms with van der Waals surface area (Å²) < 4.78 is 5.30. The molecular weight excluding hydrogens is 445 g/mol. The van der Waals surface area contributed by atoms with Gasteiger partial charge in [0.1, 0.15) is 0 Å². The van der Waals surface area contributed by atoms with Gasteiger partial charge < -0.3 is 20.5 Å². The Balaban J connectivity index is 0.00000338. The van der Waals surface area contributed by atoms with Crippen molar-refractivity contribution in [1.29, 1.82) is 0 Å². The molecule has 1 amide bonds. The monoisotopic (exact) mass is 471 g/mol. The second-order valence-electron chi connectivity index (χ2n) is 6.03. The molecule has 2 aromatic rings. The third kappa shape index (κ3) is 7.03. The molecule has 0 fully saturated rings. The van der Waals surface area contributed by atoms with Crippen molar-refractivity contribution in [1.82, 2.24) is 15.8 Å². The van der Waals surface area contributed by atoms with E-state index in [-0.39, 0.29) is 29.9 Å². The molecule has 7 nitrogen and oxygen atoms in total. The van der Waals surface area contributed by atoms with Crippen LogP contribution in [0.4, 0.5) is 5.69 Å². The van der Waals surface area contributed by atoms with Crippen LogP contribution in [0.1, 0.15) is 43.7 Å². The van der Waals surface area contributed by atoms with Gasteiger partial charge in [0.05, 0.1) is 12.2 Å². The molecule has 26 heavy (non-hydrogen) atoms. The van der Waals surface area contributed by atoms with Crippen molar-refractivity contribution in [2.75, 3.05) is 12.4 Å². The van der Waals surface area contributed by atoms with Gasteiger partial charge in [-0.25, -0.2) is 0 Å². The number of halogens is 1. The lowest BCUT2D eigenvalue weighted by Gasteiger charge is -2.11. The summed E-state index contributed by atoms with van der Waals surface area (Å²) in [5, 5.41) is 13.2. The fourth-order valence-corrected chi connectivity index (χ4v) is 2.22. The second kappa shape index (κ2) is 10.8. The highest BCUT2D eigenvalue weighted by molar-refractivity contribution is 14.0. The molecule has 0 atom stereocenters. The maximum absolute atomic E-state index is 11.1. The van der Waals surface area contributed by atoms with Gasteiger partial charge in [0.25, 0.3) is 0 Å². The summed E-state index contributed by atoms with van der Waals surface area (Å²) in [4.78, 5) is 15.3. The lowest BCUT2D eigenvalue weighted by molar-refractivity contribution is -0.114. The van der Waals surface area contributed by atoms with Crippen LogP contribution < -0.4 is 16.0 Å². The molecule has 1 heterocycles. The minimum Gasteiger partial charge on any atom is -0.359 e. The number of hydrogen-bond donors (Lipinski definition) is 3. The van der Waals surface area contributed by atoms with Gasteiger partial charge in [-0.15, -0.1) is 24.0 Å². The molecule has 2 rings (SSSR count). The summed E-state index contributed by atoms with van der Waals surface area (Å²) in [6.07, 6.45) is 0. The average Bonchev–Trinajstić information content (AvgIpc) is 3.04. The van der Waals surface area contributed by atoms with E-state index in [0.717, 1.165) is 22.7 Å². The van der Waals surface area contributed by atoms with Crippen LogP contribution in [0.15, 0.2) is 39.8 Å². The van der Waals surface area contributed by atoms with E-state index >= 15 is 0 Å². The van der Waals surface area contributed by atoms with Gasteiger partial charge in [-0.2, -0.15) is 0 Å². The molecule has 0 aliphatic rings. The third-order valence-electron chi connectivity index (χ3n) is 3.53. The predicted octanol–water partition coefficient (Wildman–Crippen LogP) is 3.24. The van der Waals surface area contributed by atoms with Crippen molar-refractivity contribution >= 4 is 41.5 Å². The van der Waals surface area contributed by atoms with Crippen LogP contribution in [0.5, 0.6) is 0 Å². The number of carbonyl (C=O) groups excluding carboxylic acids is 1. The largest absolute Gasteiger partial charge is 0.359 e. The van der Waals surface area contributed by atoms with Crippen molar-refractivity contribution in [2.45, 2.75) is 39.8 Å². The Bertz CT molecular complexity index is 743. The Morgan fingerprint density at radius 3 is 2.58 bits per heavy atom. The number of guanidine groups is 1. The number of nitrogens with zero attached hydrogens (tertiary/aromatic N) is 2. The highest BCUT2D eigenvalue weighted by atomic mass is 127. The van der Waals surface area contributed by atoms with Crippen LogP contribution in [0, 0.1) is 0 Å². The quantitative estimate of drug-likeness (QED) is 0.342. The van der Waals surface area contributed by atoms with Crippen LogP contribution in [-0.4, -0.2) is 24.1 Å². The van der Waals surface area contributed by atoms with E-state index < -0.39 is 0 Å². The van der Waals surface area contributed by atoms with Crippen LogP contribution in [0.2, 0.25) is 0 Å². The van der Waals surface area contributed by atoms with Gasteiger partial charge in [-0.3, -0.25) is 9.79 Å². The van der Waals surface area contributed by atoms with Crippen molar-refractivity contribution in [3.8, 4) is 0 Å². The van der Waals surface area contributed by atoms with Crippen molar-refractivity contribution in [3.05, 3.63) is 47.3 Å². The van der Waals surface area contributed by atoms with Gasteiger partial charge in [0.15, 0.2) is 11.7 Å². The summed E-state index contributed by atoms with van der Waals surface area (Å²) in [6, 6.07) is 9.61. The summed E-state index contributed by atoms with van der Waals surface area (Å²) in [5.41, 5.74) is 2.75. The zero-order valence-corrected chi connectivity index (χ0v) is 17.8. The second-order valence-corrected chi connectivity index (χ2v) is 6.03. The van der Waals surface area contributed by atoms with E-state index in [1.54, 1.807) is 7.05 Å². The zero-order valence-electron chi connectivity index (χ0n) is 15.5. The number of anilines is 1. The van der Waals surface area contributed by atoms with E-state index in [9.17, 15) is 4.79 Å². The Kier molecular flexibility index (Phi) is 9.11. The first kappa shape index (κ1) is 21.9. The Labute approximate surface area is 171 Å². The highest BCUT2D eigenvalue weighted by Crippen LogP contribution is 2.14. The third-order valence-corrected chi connectivity index (χ3v) is 3.53. The molecule has 0 aliphatic carbocycles. The smallest absolute Gasteiger partial charge is 0.221 e. The normalized spacial score (nSPS) is 11.0. The van der Waals surface area contributed by atoms with Gasteiger partial charge in [0.2, 0.25) is 5.91 Å². The number of aliphatic imine (C=N–C) groups is 1. The first-order chi connectivity index (χ1) is 12.0. The van der Waals surface area contributed by atoms with Crippen molar-refractivity contribution in [2.24, 2.45) is 4.99 Å². The zero-order chi connectivity index (χ0) is 18.2. The molecule has 0 radical (unpaired) electrons. The molecule has 0 saturated heterocycles. The number of hydrogen-bond acceptors (Lipinski definition) is 4. The predicted molar refractivity (Wildman–Crippen MR) is 114 cm³/mol. The number of benzene rings is 1. The molecule has 142 valence electrons. The molecule has 0 spiro atoms. The van der Waals surface area contributed by atoms with Crippen molar-refractivity contribution in [3.63, 3.8) is 0 Å². The van der Waals surface area contributed by atoms with E-state index in [2.05, 4.69) is 39.9 Å². The van der Waals surface area contributed by atoms with Gasteiger partial charge in [-0.05, 0) is 23.6 Å². The number of rotatable bonds is 6. The minimum absolute atomic E-state index is 0. The number of nitrogens with one attached hydrogen (secondary N) is 3. The molecule has 3 N–H and O–H groups in total. The average molecular weight is 471 g/mol. The first-order valence-corrected chi connectivity index (χ1v) is 8.24. The molecule has 0 aliphatic heterocycles. The minimum atomic E-state index is -0.0876. The highest BCUT2D eigenvalue weighted by Gasteiger charge is 2.08. The van der Waals surface area contributed by atoms with Crippen molar-refractivity contribution < 1.29 is 9.32 Å². The summed E-state index contributed by atoms with van der Waals surface area (Å²) in [6.45, 7) is 6.73. The molecule has 0 saturated carbocycles. The van der Waals surface area contributed by atoms with E-state index in [1.165, 1.54) is 6.92 Å². The molecular formula is C18H26IN5O2. The SMILES string of the molecule is CN=C(NCc1cccc(NC(C)=O)c1)NCc1cc(C(C)C)no1.I. The maximum atomic E-state index is 11.1. The van der Waals surface area contributed by atoms with E-state index in [4.69, 9.17) is 4.52 Å².